The fourth-order valence-corrected chi connectivity index (χ4v) is 4.10. The lowest BCUT2D eigenvalue weighted by molar-refractivity contribution is -0.133. The van der Waals surface area contributed by atoms with Crippen molar-refractivity contribution >= 4 is 29.1 Å². The molecule has 0 unspecified atom stereocenters. The predicted molar refractivity (Wildman–Crippen MR) is 111 cm³/mol. The minimum atomic E-state index is 0.0335. The molecule has 3 N–H and O–H groups in total. The number of anilines is 2. The van der Waals surface area contributed by atoms with Crippen molar-refractivity contribution in [3.8, 4) is 0 Å². The van der Waals surface area contributed by atoms with E-state index in [1.807, 2.05) is 18.2 Å². The highest BCUT2D eigenvalue weighted by Gasteiger charge is 2.31. The minimum Gasteiger partial charge on any atom is -0.396 e. The molecule has 6 nitrogen and oxygen atoms in total. The van der Waals surface area contributed by atoms with Gasteiger partial charge in [-0.25, -0.2) is 0 Å². The summed E-state index contributed by atoms with van der Waals surface area (Å²) in [4.78, 5) is 31.0. The van der Waals surface area contributed by atoms with Crippen molar-refractivity contribution in [3.05, 3.63) is 46.8 Å². The molecule has 1 aromatic heterocycles. The molecule has 0 bridgehead atoms. The van der Waals surface area contributed by atoms with Crippen molar-refractivity contribution in [3.63, 3.8) is 0 Å². The van der Waals surface area contributed by atoms with E-state index in [2.05, 4.69) is 16.4 Å². The molecule has 28 heavy (non-hydrogen) atoms. The highest BCUT2D eigenvalue weighted by Crippen LogP contribution is 2.30. The number of hydrogen-bond acceptors (Lipinski definition) is 5. The second-order valence-corrected chi connectivity index (χ2v) is 7.51. The Balaban J connectivity index is 1.30. The molecule has 0 atom stereocenters. The third-order valence-electron chi connectivity index (χ3n) is 5.59. The van der Waals surface area contributed by atoms with Crippen molar-refractivity contribution in [2.75, 3.05) is 30.7 Å². The van der Waals surface area contributed by atoms with E-state index < -0.39 is 0 Å². The van der Waals surface area contributed by atoms with Crippen molar-refractivity contribution in [2.24, 2.45) is 0 Å². The van der Waals surface area contributed by atoms with E-state index in [-0.39, 0.29) is 18.2 Å². The van der Waals surface area contributed by atoms with Crippen LogP contribution in [0.3, 0.4) is 0 Å². The molecule has 0 saturated carbocycles. The number of allylic oxidation sites excluding steroid dienone is 3. The van der Waals surface area contributed by atoms with Crippen LogP contribution < -0.4 is 11.1 Å². The van der Waals surface area contributed by atoms with Gasteiger partial charge in [-0.15, -0.1) is 0 Å². The van der Waals surface area contributed by atoms with Crippen LogP contribution in [0.1, 0.15) is 43.4 Å². The molecule has 2 heterocycles. The van der Waals surface area contributed by atoms with Gasteiger partial charge in [0.25, 0.3) is 5.91 Å². The van der Waals surface area contributed by atoms with Gasteiger partial charge in [0.1, 0.15) is 0 Å². The lowest BCUT2D eigenvalue weighted by Gasteiger charge is -2.30. The van der Waals surface area contributed by atoms with Gasteiger partial charge in [0.2, 0.25) is 0 Å². The molecule has 3 aliphatic rings. The lowest BCUT2D eigenvalue weighted by atomic mass is 9.90. The largest absolute Gasteiger partial charge is 0.396 e. The van der Waals surface area contributed by atoms with Crippen LogP contribution in [0.5, 0.6) is 0 Å². The van der Waals surface area contributed by atoms with Crippen molar-refractivity contribution in [1.82, 2.24) is 9.88 Å². The molecular formula is C22H26N4O2. The Morgan fingerprint density at radius 1 is 1.11 bits per heavy atom. The predicted octanol–water partition coefficient (Wildman–Crippen LogP) is 2.87. The number of unbranched alkanes of at least 4 members (excludes halogenated alkanes) is 1. The summed E-state index contributed by atoms with van der Waals surface area (Å²) in [5, 5.41) is 3.46. The smallest absolute Gasteiger partial charge is 0.250 e. The molecule has 1 aromatic rings. The van der Waals surface area contributed by atoms with Gasteiger partial charge in [-0.1, -0.05) is 18.2 Å². The molecule has 0 spiro atoms. The highest BCUT2D eigenvalue weighted by molar-refractivity contribution is 6.13. The van der Waals surface area contributed by atoms with E-state index >= 15 is 0 Å². The van der Waals surface area contributed by atoms with Gasteiger partial charge in [0.05, 0.1) is 29.8 Å². The Kier molecular flexibility index (Phi) is 5.28. The maximum Gasteiger partial charge on any atom is 0.250 e. The topological polar surface area (TPSA) is 88.3 Å². The number of aromatic nitrogens is 1. The van der Waals surface area contributed by atoms with E-state index in [4.69, 9.17) is 5.73 Å². The Labute approximate surface area is 165 Å². The number of hydrogen-bond donors (Lipinski definition) is 2. The van der Waals surface area contributed by atoms with Gasteiger partial charge in [-0.05, 0) is 44.6 Å². The number of fused-ring (bicyclic) bond motifs is 1. The summed E-state index contributed by atoms with van der Waals surface area (Å²) in [6, 6.07) is 0. The average Bonchev–Trinajstić information content (AvgIpc) is 2.72. The Morgan fingerprint density at radius 2 is 1.93 bits per heavy atom. The van der Waals surface area contributed by atoms with E-state index in [0.717, 1.165) is 50.0 Å². The van der Waals surface area contributed by atoms with Crippen LogP contribution in [-0.4, -0.2) is 41.2 Å². The number of carbonyl (C=O) groups is 2. The first-order valence-electron chi connectivity index (χ1n) is 10.0. The number of Topliss-reactive ketones (excluding diaryl/α,β-unsaturated/α-hetero) is 1. The van der Waals surface area contributed by atoms with E-state index in [1.54, 1.807) is 11.1 Å². The number of nitrogens with two attached hydrogens (primary N) is 1. The van der Waals surface area contributed by atoms with Crippen LogP contribution in [0.15, 0.2) is 35.6 Å². The van der Waals surface area contributed by atoms with Crippen LogP contribution in [-0.2, 0) is 16.0 Å². The molecule has 1 amide bonds. The summed E-state index contributed by atoms with van der Waals surface area (Å²) < 4.78 is 0. The molecule has 0 radical (unpaired) electrons. The quantitative estimate of drug-likeness (QED) is 0.743. The van der Waals surface area contributed by atoms with Crippen LogP contribution >= 0.6 is 0 Å². The van der Waals surface area contributed by atoms with Crippen molar-refractivity contribution in [1.29, 1.82) is 0 Å². The second kappa shape index (κ2) is 8.00. The summed E-state index contributed by atoms with van der Waals surface area (Å²) >= 11 is 0. The number of carbonyl (C=O) groups excluding carboxylic acids is 2. The third-order valence-corrected chi connectivity index (χ3v) is 5.59. The molecule has 6 heteroatoms. The number of nitrogen functional groups attached to an aromatic ring is 1. The number of ketones is 1. The first-order valence-corrected chi connectivity index (χ1v) is 10.0. The van der Waals surface area contributed by atoms with Crippen molar-refractivity contribution < 1.29 is 9.59 Å². The summed E-state index contributed by atoms with van der Waals surface area (Å²) in [6.07, 6.45) is 14.9. The van der Waals surface area contributed by atoms with E-state index in [9.17, 15) is 9.59 Å². The van der Waals surface area contributed by atoms with Gasteiger partial charge in [-0.3, -0.25) is 14.6 Å². The van der Waals surface area contributed by atoms with Gasteiger partial charge < -0.3 is 16.0 Å². The molecule has 2 aliphatic carbocycles. The third kappa shape index (κ3) is 3.59. The number of pyridine rings is 1. The Morgan fingerprint density at radius 3 is 2.82 bits per heavy atom. The van der Waals surface area contributed by atoms with Crippen LogP contribution in [0.25, 0.3) is 6.08 Å². The zero-order chi connectivity index (χ0) is 19.5. The molecule has 4 rings (SSSR count). The first kappa shape index (κ1) is 18.5. The maximum absolute atomic E-state index is 12.6. The molecule has 0 saturated heterocycles. The summed E-state index contributed by atoms with van der Waals surface area (Å²) in [6.45, 7) is 1.59. The Hall–Kier alpha value is -2.89. The number of rotatable bonds is 6. The molecular weight excluding hydrogens is 352 g/mol. The van der Waals surface area contributed by atoms with Crippen LogP contribution in [0.4, 0.5) is 11.4 Å². The average molecular weight is 378 g/mol. The molecule has 146 valence electrons. The molecule has 1 aliphatic heterocycles. The normalized spacial score (nSPS) is 18.4. The van der Waals surface area contributed by atoms with Crippen molar-refractivity contribution in [2.45, 2.75) is 38.5 Å². The fraction of sp³-hybridized carbons (Fsp3) is 0.409. The Bertz CT molecular complexity index is 898. The van der Waals surface area contributed by atoms with E-state index in [0.29, 0.717) is 29.8 Å². The van der Waals surface area contributed by atoms with Gasteiger partial charge in [0, 0.05) is 29.8 Å². The molecule has 0 aromatic carbocycles. The van der Waals surface area contributed by atoms with Gasteiger partial charge in [0.15, 0.2) is 5.78 Å². The zero-order valence-electron chi connectivity index (χ0n) is 16.0. The van der Waals surface area contributed by atoms with Gasteiger partial charge in [-0.2, -0.15) is 0 Å². The summed E-state index contributed by atoms with van der Waals surface area (Å²) in [7, 11) is 0. The first-order chi connectivity index (χ1) is 13.6. The highest BCUT2D eigenvalue weighted by atomic mass is 16.2. The number of nitrogens with one attached hydrogen (secondary N) is 1. The zero-order valence-corrected chi connectivity index (χ0v) is 16.0. The monoisotopic (exact) mass is 378 g/mol. The SMILES string of the molecule is Nc1cnc2c(c1NCCCCN1CC(=O)C3=C(CCC=C3)C1=O)CCC=C2. The van der Waals surface area contributed by atoms with Crippen LogP contribution in [0.2, 0.25) is 0 Å². The lowest BCUT2D eigenvalue weighted by Crippen LogP contribution is -2.43. The standard InChI is InChI=1S/C22H26N4O2/c23-18-13-25-19-10-4-3-9-17(19)21(18)24-11-5-6-12-26-14-20(27)15-7-1-2-8-16(15)22(26)28/h1,4,7,10,13H,2-3,5-6,8-9,11-12,14,23H2,(H,24,25). The number of nitrogens with zero attached hydrogens (tertiary/aromatic N) is 2. The summed E-state index contributed by atoms with van der Waals surface area (Å²) in [5.74, 6) is 0.0964. The molecule has 0 fully saturated rings. The number of amides is 1. The minimum absolute atomic E-state index is 0.0335. The maximum atomic E-state index is 12.6. The van der Waals surface area contributed by atoms with Crippen LogP contribution in [0, 0.1) is 0 Å². The fourth-order valence-electron chi connectivity index (χ4n) is 4.10. The summed E-state index contributed by atoms with van der Waals surface area (Å²) in [5.41, 5.74) is 11.3. The van der Waals surface area contributed by atoms with Gasteiger partial charge >= 0.3 is 0 Å². The second-order valence-electron chi connectivity index (χ2n) is 7.51. The van der Waals surface area contributed by atoms with E-state index in [1.165, 1.54) is 5.56 Å².